The average molecular weight is 276 g/mol. The molecule has 20 heavy (non-hydrogen) atoms. The van der Waals surface area contributed by atoms with Crippen molar-refractivity contribution in [3.05, 3.63) is 59.8 Å². The van der Waals surface area contributed by atoms with Crippen LogP contribution in [0.1, 0.15) is 22.5 Å². The summed E-state index contributed by atoms with van der Waals surface area (Å²) in [6.07, 6.45) is 2.17. The molecule has 1 aromatic heterocycles. The first kappa shape index (κ1) is 13.8. The molecular formula is C14H13FN2O3. The van der Waals surface area contributed by atoms with E-state index in [1.54, 1.807) is 12.1 Å². The number of benzene rings is 1. The SMILES string of the molecule is O=C(CCc1ccco1)NNC(=O)c1ccc(F)cc1. The highest BCUT2D eigenvalue weighted by Crippen LogP contribution is 2.03. The number of furan rings is 1. The predicted molar refractivity (Wildman–Crippen MR) is 69.0 cm³/mol. The fraction of sp³-hybridized carbons (Fsp3) is 0.143. The number of carbonyl (C=O) groups excluding carboxylic acids is 2. The number of hydrazine groups is 1. The van der Waals surface area contributed by atoms with Crippen LogP contribution in [-0.2, 0) is 11.2 Å². The summed E-state index contributed by atoms with van der Waals surface area (Å²) >= 11 is 0. The van der Waals surface area contributed by atoms with Crippen LogP contribution in [-0.4, -0.2) is 11.8 Å². The molecule has 0 unspecified atom stereocenters. The van der Waals surface area contributed by atoms with Crippen LogP contribution in [0.5, 0.6) is 0 Å². The second-order valence-electron chi connectivity index (χ2n) is 4.09. The van der Waals surface area contributed by atoms with Crippen molar-refractivity contribution in [3.8, 4) is 0 Å². The Kier molecular flexibility index (Phi) is 4.49. The lowest BCUT2D eigenvalue weighted by molar-refractivity contribution is -0.121. The van der Waals surface area contributed by atoms with E-state index in [1.165, 1.54) is 30.5 Å². The molecule has 0 saturated carbocycles. The van der Waals surface area contributed by atoms with E-state index in [9.17, 15) is 14.0 Å². The highest BCUT2D eigenvalue weighted by molar-refractivity contribution is 5.95. The summed E-state index contributed by atoms with van der Waals surface area (Å²) in [5, 5.41) is 0. The van der Waals surface area contributed by atoms with Crippen LogP contribution < -0.4 is 10.9 Å². The van der Waals surface area contributed by atoms with Gasteiger partial charge < -0.3 is 4.42 Å². The highest BCUT2D eigenvalue weighted by atomic mass is 19.1. The van der Waals surface area contributed by atoms with Crippen molar-refractivity contribution in [3.63, 3.8) is 0 Å². The van der Waals surface area contributed by atoms with Gasteiger partial charge in [-0.2, -0.15) is 0 Å². The fourth-order valence-electron chi connectivity index (χ4n) is 1.55. The van der Waals surface area contributed by atoms with Gasteiger partial charge in [0.25, 0.3) is 5.91 Å². The van der Waals surface area contributed by atoms with Gasteiger partial charge >= 0.3 is 0 Å². The molecule has 0 saturated heterocycles. The number of hydrogen-bond acceptors (Lipinski definition) is 3. The number of aryl methyl sites for hydroxylation is 1. The van der Waals surface area contributed by atoms with Crippen LogP contribution in [0.4, 0.5) is 4.39 Å². The van der Waals surface area contributed by atoms with Gasteiger partial charge in [0.15, 0.2) is 0 Å². The molecule has 0 fully saturated rings. The molecule has 0 aliphatic carbocycles. The van der Waals surface area contributed by atoms with Gasteiger partial charge in [-0.1, -0.05) is 0 Å². The van der Waals surface area contributed by atoms with Crippen LogP contribution in [0.25, 0.3) is 0 Å². The first-order valence-electron chi connectivity index (χ1n) is 6.02. The molecule has 1 heterocycles. The molecule has 2 amide bonds. The van der Waals surface area contributed by atoms with Gasteiger partial charge in [0, 0.05) is 18.4 Å². The molecule has 104 valence electrons. The molecule has 0 aliphatic heterocycles. The van der Waals surface area contributed by atoms with Crippen molar-refractivity contribution in [2.24, 2.45) is 0 Å². The zero-order chi connectivity index (χ0) is 14.4. The number of rotatable bonds is 4. The predicted octanol–water partition coefficient (Wildman–Crippen LogP) is 1.81. The summed E-state index contributed by atoms with van der Waals surface area (Å²) < 4.78 is 17.8. The standard InChI is InChI=1S/C14H13FN2O3/c15-11-5-3-10(4-6-11)14(19)17-16-13(18)8-7-12-2-1-9-20-12/h1-6,9H,7-8H2,(H,16,18)(H,17,19). The third kappa shape index (κ3) is 3.94. The maximum atomic E-state index is 12.7. The van der Waals surface area contributed by atoms with Gasteiger partial charge in [-0.05, 0) is 36.4 Å². The minimum absolute atomic E-state index is 0.192. The zero-order valence-corrected chi connectivity index (χ0v) is 10.6. The second-order valence-corrected chi connectivity index (χ2v) is 4.09. The van der Waals surface area contributed by atoms with Gasteiger partial charge in [-0.3, -0.25) is 20.4 Å². The van der Waals surface area contributed by atoms with Crippen LogP contribution in [0.2, 0.25) is 0 Å². The molecule has 0 bridgehead atoms. The molecular weight excluding hydrogens is 263 g/mol. The lowest BCUT2D eigenvalue weighted by atomic mass is 10.2. The molecule has 5 nitrogen and oxygen atoms in total. The van der Waals surface area contributed by atoms with Crippen molar-refractivity contribution in [2.45, 2.75) is 12.8 Å². The maximum Gasteiger partial charge on any atom is 0.269 e. The van der Waals surface area contributed by atoms with Crippen LogP contribution in [0, 0.1) is 5.82 Å². The van der Waals surface area contributed by atoms with E-state index in [-0.39, 0.29) is 17.9 Å². The lowest BCUT2D eigenvalue weighted by Crippen LogP contribution is -2.41. The average Bonchev–Trinajstić information content (AvgIpc) is 2.96. The van der Waals surface area contributed by atoms with Gasteiger partial charge in [0.05, 0.1) is 6.26 Å². The third-order valence-electron chi connectivity index (χ3n) is 2.60. The van der Waals surface area contributed by atoms with Crippen molar-refractivity contribution >= 4 is 11.8 Å². The van der Waals surface area contributed by atoms with E-state index in [4.69, 9.17) is 4.42 Å². The summed E-state index contributed by atoms with van der Waals surface area (Å²) in [5.74, 6) is -0.567. The number of nitrogens with one attached hydrogen (secondary N) is 2. The molecule has 1 aromatic carbocycles. The van der Waals surface area contributed by atoms with E-state index >= 15 is 0 Å². The summed E-state index contributed by atoms with van der Waals surface area (Å²) in [4.78, 5) is 23.1. The number of carbonyl (C=O) groups is 2. The van der Waals surface area contributed by atoms with E-state index < -0.39 is 11.7 Å². The van der Waals surface area contributed by atoms with Gasteiger partial charge in [0.1, 0.15) is 11.6 Å². The lowest BCUT2D eigenvalue weighted by Gasteiger charge is -2.06. The minimum atomic E-state index is -0.503. The molecule has 2 N–H and O–H groups in total. The van der Waals surface area contributed by atoms with E-state index in [1.807, 2.05) is 0 Å². The second kappa shape index (κ2) is 6.51. The molecule has 0 radical (unpaired) electrons. The van der Waals surface area contributed by atoms with Crippen LogP contribution >= 0.6 is 0 Å². The topological polar surface area (TPSA) is 71.3 Å². The number of halogens is 1. The van der Waals surface area contributed by atoms with E-state index in [0.29, 0.717) is 12.2 Å². The Morgan fingerprint density at radius 2 is 1.85 bits per heavy atom. The Labute approximate surface area is 114 Å². The molecule has 0 spiro atoms. The Balaban J connectivity index is 1.75. The van der Waals surface area contributed by atoms with Crippen LogP contribution in [0.15, 0.2) is 47.1 Å². The Bertz CT molecular complexity index is 579. The number of hydrogen-bond donors (Lipinski definition) is 2. The summed E-state index contributed by atoms with van der Waals surface area (Å²) in [6, 6.07) is 8.52. The summed E-state index contributed by atoms with van der Waals surface area (Å²) in [6.45, 7) is 0. The normalized spacial score (nSPS) is 10.1. The largest absolute Gasteiger partial charge is 0.469 e. The molecule has 2 aromatic rings. The van der Waals surface area contributed by atoms with Crippen molar-refractivity contribution in [2.75, 3.05) is 0 Å². The maximum absolute atomic E-state index is 12.7. The van der Waals surface area contributed by atoms with Gasteiger partial charge in [-0.25, -0.2) is 4.39 Å². The van der Waals surface area contributed by atoms with Crippen molar-refractivity contribution in [1.29, 1.82) is 0 Å². The first-order chi connectivity index (χ1) is 9.65. The molecule has 0 atom stereocenters. The monoisotopic (exact) mass is 276 g/mol. The van der Waals surface area contributed by atoms with Gasteiger partial charge in [0.2, 0.25) is 5.91 Å². The van der Waals surface area contributed by atoms with E-state index in [0.717, 1.165) is 0 Å². The first-order valence-corrected chi connectivity index (χ1v) is 6.02. The molecule has 6 heteroatoms. The minimum Gasteiger partial charge on any atom is -0.469 e. The summed E-state index contributed by atoms with van der Waals surface area (Å²) in [7, 11) is 0. The zero-order valence-electron chi connectivity index (χ0n) is 10.6. The Morgan fingerprint density at radius 1 is 1.10 bits per heavy atom. The Morgan fingerprint density at radius 3 is 2.50 bits per heavy atom. The highest BCUT2D eigenvalue weighted by Gasteiger charge is 2.08. The Hall–Kier alpha value is -2.63. The van der Waals surface area contributed by atoms with Crippen molar-refractivity contribution in [1.82, 2.24) is 10.9 Å². The quantitative estimate of drug-likeness (QED) is 0.837. The van der Waals surface area contributed by atoms with E-state index in [2.05, 4.69) is 10.9 Å². The summed E-state index contributed by atoms with van der Waals surface area (Å²) in [5.41, 5.74) is 4.80. The van der Waals surface area contributed by atoms with Crippen molar-refractivity contribution < 1.29 is 18.4 Å². The fourth-order valence-corrected chi connectivity index (χ4v) is 1.55. The molecule has 0 aliphatic rings. The van der Waals surface area contributed by atoms with Gasteiger partial charge in [-0.15, -0.1) is 0 Å². The smallest absolute Gasteiger partial charge is 0.269 e. The molecule has 2 rings (SSSR count). The third-order valence-corrected chi connectivity index (χ3v) is 2.60. The van der Waals surface area contributed by atoms with Crippen LogP contribution in [0.3, 0.4) is 0 Å². The number of amides is 2.